The summed E-state index contributed by atoms with van der Waals surface area (Å²) in [4.78, 5) is 16.5. The van der Waals surface area contributed by atoms with Gasteiger partial charge in [-0.25, -0.2) is 17.9 Å². The standard InChI is InChI=1S/C21H37N3O10S/c1-20(2,3)33-18(29)17(28)21(30,16(27)15(26)14(25)12-8-6-5-7-9-12)19-23-13(24-34-19)10-11-22-35(4,31)32/h12,14-17,22,25-28,30H,5-11H2,1-4H3/t14?,15?,16?,17?,21-/m1/s1. The zero-order valence-corrected chi connectivity index (χ0v) is 21.2. The molecule has 13 nitrogen and oxygen atoms in total. The molecule has 1 aromatic rings. The SMILES string of the molecule is CC(C)(C)OC(=O)C(O)[C@@](O)(c1nc(CCNS(C)(=O)=O)no1)C(O)C(O)C(O)C1CCCCC1. The number of nitrogens with zero attached hydrogens (tertiary/aromatic N) is 2. The topological polar surface area (TPSA) is 213 Å². The predicted octanol–water partition coefficient (Wildman–Crippen LogP) is -1.29. The third kappa shape index (κ3) is 7.90. The minimum atomic E-state index is -3.49. The van der Waals surface area contributed by atoms with Crippen molar-refractivity contribution in [1.82, 2.24) is 14.9 Å². The van der Waals surface area contributed by atoms with E-state index in [0.717, 1.165) is 25.5 Å². The van der Waals surface area contributed by atoms with Gasteiger partial charge in [0.1, 0.15) is 17.8 Å². The van der Waals surface area contributed by atoms with E-state index in [1.807, 2.05) is 0 Å². The van der Waals surface area contributed by atoms with Crippen molar-refractivity contribution >= 4 is 16.0 Å². The van der Waals surface area contributed by atoms with E-state index >= 15 is 0 Å². The molecule has 1 heterocycles. The number of nitrogens with one attached hydrogen (secondary N) is 1. The van der Waals surface area contributed by atoms with E-state index in [4.69, 9.17) is 9.26 Å². The van der Waals surface area contributed by atoms with Crippen LogP contribution < -0.4 is 4.72 Å². The number of rotatable bonds is 11. The Balaban J connectivity index is 2.36. The van der Waals surface area contributed by atoms with E-state index in [0.29, 0.717) is 12.8 Å². The summed E-state index contributed by atoms with van der Waals surface area (Å²) in [6.45, 7) is 4.45. The summed E-state index contributed by atoms with van der Waals surface area (Å²) in [6.07, 6.45) is -3.58. The molecule has 202 valence electrons. The second-order valence-electron chi connectivity index (χ2n) is 10.0. The number of ether oxygens (including phenoxy) is 1. The first-order valence-electron chi connectivity index (χ1n) is 11.5. The quantitative estimate of drug-likeness (QED) is 0.187. The summed E-state index contributed by atoms with van der Waals surface area (Å²) >= 11 is 0. The van der Waals surface area contributed by atoms with Gasteiger partial charge in [-0.05, 0) is 39.5 Å². The average molecular weight is 524 g/mol. The molecule has 1 aliphatic carbocycles. The van der Waals surface area contributed by atoms with Gasteiger partial charge in [-0.1, -0.05) is 24.4 Å². The molecule has 0 radical (unpaired) electrons. The molecule has 4 unspecified atom stereocenters. The van der Waals surface area contributed by atoms with E-state index in [1.165, 1.54) is 20.8 Å². The van der Waals surface area contributed by atoms with Gasteiger partial charge in [-0.15, -0.1) is 0 Å². The minimum Gasteiger partial charge on any atom is -0.458 e. The fourth-order valence-corrected chi connectivity index (χ4v) is 4.48. The summed E-state index contributed by atoms with van der Waals surface area (Å²) in [5.41, 5.74) is -4.12. The molecule has 0 amide bonds. The lowest BCUT2D eigenvalue weighted by molar-refractivity contribution is -0.227. The predicted molar refractivity (Wildman–Crippen MR) is 121 cm³/mol. The van der Waals surface area contributed by atoms with E-state index in [1.54, 1.807) is 0 Å². The normalized spacial score (nSPS) is 21.1. The third-order valence-corrected chi connectivity index (χ3v) is 6.56. The number of aromatic nitrogens is 2. The van der Waals surface area contributed by atoms with E-state index in [-0.39, 0.29) is 24.7 Å². The number of hydrogen-bond donors (Lipinski definition) is 6. The smallest absolute Gasteiger partial charge is 0.339 e. The molecular formula is C21H37N3O10S. The molecule has 1 saturated carbocycles. The molecule has 0 aromatic carbocycles. The van der Waals surface area contributed by atoms with Gasteiger partial charge in [0.25, 0.3) is 5.89 Å². The van der Waals surface area contributed by atoms with Gasteiger partial charge >= 0.3 is 5.97 Å². The van der Waals surface area contributed by atoms with E-state index in [9.17, 15) is 38.7 Å². The molecule has 0 saturated heterocycles. The highest BCUT2D eigenvalue weighted by atomic mass is 32.2. The van der Waals surface area contributed by atoms with Crippen LogP contribution in [0.3, 0.4) is 0 Å². The number of hydrogen-bond acceptors (Lipinski definition) is 12. The first-order valence-corrected chi connectivity index (χ1v) is 13.4. The average Bonchev–Trinajstić information content (AvgIpc) is 3.24. The molecule has 1 aliphatic rings. The van der Waals surface area contributed by atoms with Crippen molar-refractivity contribution in [2.24, 2.45) is 5.92 Å². The molecule has 5 atom stereocenters. The number of carbonyl (C=O) groups is 1. The molecule has 0 spiro atoms. The van der Waals surface area contributed by atoms with Crippen molar-refractivity contribution in [1.29, 1.82) is 0 Å². The zero-order chi connectivity index (χ0) is 26.6. The number of aliphatic hydroxyl groups is 5. The maximum Gasteiger partial charge on any atom is 0.339 e. The van der Waals surface area contributed by atoms with Crippen molar-refractivity contribution in [3.8, 4) is 0 Å². The van der Waals surface area contributed by atoms with Gasteiger partial charge in [-0.3, -0.25) is 0 Å². The first kappa shape index (κ1) is 29.5. The van der Waals surface area contributed by atoms with Gasteiger partial charge in [0.2, 0.25) is 15.6 Å². The summed E-state index contributed by atoms with van der Waals surface area (Å²) in [5.74, 6) is -2.62. The number of esters is 1. The Kier molecular flexibility index (Phi) is 9.78. The number of sulfonamides is 1. The summed E-state index contributed by atoms with van der Waals surface area (Å²) in [5, 5.41) is 58.1. The molecular weight excluding hydrogens is 486 g/mol. The maximum absolute atomic E-state index is 12.6. The molecule has 14 heteroatoms. The molecule has 35 heavy (non-hydrogen) atoms. The largest absolute Gasteiger partial charge is 0.458 e. The lowest BCUT2D eigenvalue weighted by atomic mass is 9.78. The minimum absolute atomic E-state index is 0.0848. The Labute approximate surface area is 204 Å². The monoisotopic (exact) mass is 523 g/mol. The van der Waals surface area contributed by atoms with Crippen LogP contribution in [-0.2, 0) is 31.6 Å². The zero-order valence-electron chi connectivity index (χ0n) is 20.4. The van der Waals surface area contributed by atoms with Crippen LogP contribution in [0.25, 0.3) is 0 Å². The van der Waals surface area contributed by atoms with Crippen LogP contribution in [0, 0.1) is 5.92 Å². The lowest BCUT2D eigenvalue weighted by Crippen LogP contribution is -2.60. The maximum atomic E-state index is 12.6. The van der Waals surface area contributed by atoms with Crippen LogP contribution in [0.2, 0.25) is 0 Å². The summed E-state index contributed by atoms with van der Waals surface area (Å²) in [6, 6.07) is 0. The Hall–Kier alpha value is -1.68. The second-order valence-corrected chi connectivity index (χ2v) is 11.9. The molecule has 0 bridgehead atoms. The molecule has 6 N–H and O–H groups in total. The molecule has 1 aromatic heterocycles. The van der Waals surface area contributed by atoms with E-state index in [2.05, 4.69) is 14.9 Å². The van der Waals surface area contributed by atoms with E-state index < -0.39 is 57.5 Å². The van der Waals surface area contributed by atoms with Crippen LogP contribution in [0.5, 0.6) is 0 Å². The van der Waals surface area contributed by atoms with Crippen LogP contribution in [-0.4, -0.2) is 92.9 Å². The van der Waals surface area contributed by atoms with Crippen molar-refractivity contribution in [2.45, 2.75) is 94.9 Å². The number of carbonyl (C=O) groups excluding carboxylic acids is 1. The highest BCUT2D eigenvalue weighted by molar-refractivity contribution is 7.88. The Morgan fingerprint density at radius 1 is 1.17 bits per heavy atom. The molecule has 1 fully saturated rings. The van der Waals surface area contributed by atoms with Gasteiger partial charge < -0.3 is 34.8 Å². The van der Waals surface area contributed by atoms with Crippen LogP contribution in [0.4, 0.5) is 0 Å². The van der Waals surface area contributed by atoms with Crippen LogP contribution >= 0.6 is 0 Å². The fourth-order valence-electron chi connectivity index (χ4n) is 4.01. The first-order chi connectivity index (χ1) is 16.1. The highest BCUT2D eigenvalue weighted by Crippen LogP contribution is 2.35. The van der Waals surface area contributed by atoms with Gasteiger partial charge in [0.15, 0.2) is 11.9 Å². The summed E-state index contributed by atoms with van der Waals surface area (Å²) in [7, 11) is -3.49. The van der Waals surface area contributed by atoms with Gasteiger partial charge in [-0.2, -0.15) is 4.98 Å². The highest BCUT2D eigenvalue weighted by Gasteiger charge is 2.57. The van der Waals surface area contributed by atoms with Gasteiger partial charge in [0, 0.05) is 13.0 Å². The van der Waals surface area contributed by atoms with Gasteiger partial charge in [0.05, 0.1) is 12.4 Å². The molecule has 0 aliphatic heterocycles. The van der Waals surface area contributed by atoms with Crippen LogP contribution in [0.1, 0.15) is 64.6 Å². The number of aliphatic hydroxyl groups excluding tert-OH is 4. The van der Waals surface area contributed by atoms with Crippen molar-refractivity contribution in [3.63, 3.8) is 0 Å². The fraction of sp³-hybridized carbons (Fsp3) is 0.857. The van der Waals surface area contributed by atoms with Crippen molar-refractivity contribution in [2.75, 3.05) is 12.8 Å². The Morgan fingerprint density at radius 2 is 1.77 bits per heavy atom. The lowest BCUT2D eigenvalue weighted by Gasteiger charge is -2.39. The summed E-state index contributed by atoms with van der Waals surface area (Å²) < 4.78 is 34.8. The second kappa shape index (κ2) is 11.6. The Morgan fingerprint density at radius 3 is 2.31 bits per heavy atom. The van der Waals surface area contributed by atoms with Crippen LogP contribution in [0.15, 0.2) is 4.52 Å². The van der Waals surface area contributed by atoms with Crippen molar-refractivity contribution in [3.05, 3.63) is 11.7 Å². The Bertz CT molecular complexity index is 941. The third-order valence-electron chi connectivity index (χ3n) is 5.83. The van der Waals surface area contributed by atoms with Crippen molar-refractivity contribution < 1.29 is 48.0 Å². The molecule has 2 rings (SSSR count).